The van der Waals surface area contributed by atoms with Gasteiger partial charge in [-0.1, -0.05) is 95.8 Å². The Morgan fingerprint density at radius 1 is 0.929 bits per heavy atom. The summed E-state index contributed by atoms with van der Waals surface area (Å²) >= 11 is 0. The minimum absolute atomic E-state index is 0.138. The lowest BCUT2D eigenvalue weighted by molar-refractivity contribution is -0.149. The lowest BCUT2D eigenvalue weighted by Gasteiger charge is -2.15. The summed E-state index contributed by atoms with van der Waals surface area (Å²) in [6.07, 6.45) is 14.7. The third kappa shape index (κ3) is 7.65. The number of esters is 1. The van der Waals surface area contributed by atoms with Crippen molar-refractivity contribution in [2.45, 2.75) is 96.1 Å². The molecule has 1 aliphatic rings. The largest absolute Gasteiger partial charge is 0.466 e. The van der Waals surface area contributed by atoms with Crippen LogP contribution in [0.25, 0.3) is 0 Å². The predicted molar refractivity (Wildman–Crippen MR) is 115 cm³/mol. The molecule has 1 aromatic carbocycles. The maximum atomic E-state index is 12.1. The van der Waals surface area contributed by atoms with Gasteiger partial charge in [-0.3, -0.25) is 0 Å². The van der Waals surface area contributed by atoms with Gasteiger partial charge in [0.2, 0.25) is 12.0 Å². The number of methoxy groups -OCH3 is 1. The molecule has 2 atom stereocenters. The third-order valence-corrected chi connectivity index (χ3v) is 5.43. The quantitative estimate of drug-likeness (QED) is 0.287. The number of benzene rings is 1. The first-order valence-electron chi connectivity index (χ1n) is 11.1. The van der Waals surface area contributed by atoms with Crippen LogP contribution in [0.5, 0.6) is 0 Å². The predicted octanol–water partition coefficient (Wildman–Crippen LogP) is 6.07. The highest BCUT2D eigenvalue weighted by Gasteiger charge is 2.37. The van der Waals surface area contributed by atoms with Crippen molar-refractivity contribution in [1.29, 1.82) is 0 Å². The third-order valence-electron chi connectivity index (χ3n) is 5.43. The molecule has 0 aromatic heterocycles. The summed E-state index contributed by atoms with van der Waals surface area (Å²) in [5, 5.41) is 0. The highest BCUT2D eigenvalue weighted by Crippen LogP contribution is 2.24. The number of carbonyl (C=O) groups is 1. The van der Waals surface area contributed by atoms with Crippen LogP contribution in [0.3, 0.4) is 0 Å². The highest BCUT2D eigenvalue weighted by atomic mass is 16.6. The molecule has 0 spiro atoms. The average Bonchev–Trinajstić information content (AvgIpc) is 3.16. The van der Waals surface area contributed by atoms with Crippen molar-refractivity contribution in [2.75, 3.05) is 7.11 Å². The van der Waals surface area contributed by atoms with Crippen molar-refractivity contribution in [3.63, 3.8) is 0 Å². The van der Waals surface area contributed by atoms with Crippen LogP contribution in [0.15, 0.2) is 35.3 Å². The molecular weight excluding hydrogens is 350 g/mol. The second-order valence-electron chi connectivity index (χ2n) is 7.75. The monoisotopic (exact) mass is 387 g/mol. The van der Waals surface area contributed by atoms with E-state index in [9.17, 15) is 4.79 Å². The normalized spacial score (nSPS) is 18.6. The SMILES string of the molecule is CCCCCCCCCCCCC[C@@H]1N=C(c2ccccc2)O[C@@H]1C(=O)OC. The zero-order valence-electron chi connectivity index (χ0n) is 17.7. The fraction of sp³-hybridized carbons (Fsp3) is 0.667. The van der Waals surface area contributed by atoms with E-state index in [2.05, 4.69) is 11.9 Å². The van der Waals surface area contributed by atoms with Gasteiger partial charge in [-0.05, 0) is 18.6 Å². The second kappa shape index (κ2) is 13.4. The molecule has 28 heavy (non-hydrogen) atoms. The smallest absolute Gasteiger partial charge is 0.349 e. The number of aliphatic imine (C=N–C) groups is 1. The molecule has 1 aliphatic heterocycles. The first-order valence-corrected chi connectivity index (χ1v) is 11.1. The van der Waals surface area contributed by atoms with Gasteiger partial charge in [0.1, 0.15) is 6.04 Å². The summed E-state index contributed by atoms with van der Waals surface area (Å²) in [6.45, 7) is 2.26. The molecule has 156 valence electrons. The molecule has 0 N–H and O–H groups in total. The maximum Gasteiger partial charge on any atom is 0.349 e. The summed E-state index contributed by atoms with van der Waals surface area (Å²) in [4.78, 5) is 16.8. The molecule has 4 nitrogen and oxygen atoms in total. The van der Waals surface area contributed by atoms with E-state index >= 15 is 0 Å². The molecule has 4 heteroatoms. The number of ether oxygens (including phenoxy) is 2. The summed E-state index contributed by atoms with van der Waals surface area (Å²) in [5.74, 6) is 0.229. The molecule has 1 heterocycles. The number of nitrogens with zero attached hydrogens (tertiary/aromatic N) is 1. The summed E-state index contributed by atoms with van der Waals surface area (Å²) < 4.78 is 10.8. The zero-order valence-corrected chi connectivity index (χ0v) is 17.7. The summed E-state index contributed by atoms with van der Waals surface area (Å²) in [6, 6.07) is 9.63. The van der Waals surface area contributed by atoms with Crippen molar-refractivity contribution in [2.24, 2.45) is 4.99 Å². The minimum atomic E-state index is -0.608. The average molecular weight is 388 g/mol. The van der Waals surface area contributed by atoms with Gasteiger partial charge in [0.15, 0.2) is 0 Å². The Labute approximate surface area is 170 Å². The maximum absolute atomic E-state index is 12.1. The Balaban J connectivity index is 1.66. The molecule has 1 aromatic rings. The van der Waals surface area contributed by atoms with E-state index in [0.29, 0.717) is 5.90 Å². The molecule has 0 aliphatic carbocycles. The number of unbranched alkanes of at least 4 members (excludes halogenated alkanes) is 10. The lowest BCUT2D eigenvalue weighted by atomic mass is 10.0. The molecule has 2 rings (SSSR count). The van der Waals surface area contributed by atoms with Crippen molar-refractivity contribution in [3.8, 4) is 0 Å². The van der Waals surface area contributed by atoms with Crippen molar-refractivity contribution in [3.05, 3.63) is 35.9 Å². The van der Waals surface area contributed by atoms with E-state index in [1.807, 2.05) is 30.3 Å². The Morgan fingerprint density at radius 2 is 1.50 bits per heavy atom. The Kier molecular flexibility index (Phi) is 10.7. The van der Waals surface area contributed by atoms with E-state index in [4.69, 9.17) is 9.47 Å². The minimum Gasteiger partial charge on any atom is -0.466 e. The van der Waals surface area contributed by atoms with Gasteiger partial charge in [0.25, 0.3) is 0 Å². The number of rotatable bonds is 14. The van der Waals surface area contributed by atoms with Gasteiger partial charge in [-0.15, -0.1) is 0 Å². The van der Waals surface area contributed by atoms with E-state index in [1.165, 1.54) is 71.3 Å². The molecule has 0 fully saturated rings. The topological polar surface area (TPSA) is 47.9 Å². The Hall–Kier alpha value is -1.84. The molecule has 0 saturated carbocycles. The standard InChI is InChI=1S/C24H37NO3/c1-3-4-5-6-7-8-9-10-11-12-16-19-21-22(24(26)27-2)28-23(25-21)20-17-14-13-15-18-20/h13-15,17-18,21-22H,3-12,16,19H2,1-2H3/t21-,22-/m0/s1. The number of hydrogen-bond acceptors (Lipinski definition) is 4. The van der Waals surface area contributed by atoms with Crippen LogP contribution < -0.4 is 0 Å². The van der Waals surface area contributed by atoms with Crippen molar-refractivity contribution in [1.82, 2.24) is 0 Å². The van der Waals surface area contributed by atoms with Crippen LogP contribution in [0.1, 0.15) is 89.5 Å². The van der Waals surface area contributed by atoms with Gasteiger partial charge in [-0.2, -0.15) is 0 Å². The molecule has 0 unspecified atom stereocenters. The number of carbonyl (C=O) groups excluding carboxylic acids is 1. The van der Waals surface area contributed by atoms with E-state index < -0.39 is 6.10 Å². The van der Waals surface area contributed by atoms with Gasteiger partial charge < -0.3 is 9.47 Å². The first kappa shape index (κ1) is 22.4. The fourth-order valence-corrected chi connectivity index (χ4v) is 3.73. The van der Waals surface area contributed by atoms with E-state index in [1.54, 1.807) is 0 Å². The van der Waals surface area contributed by atoms with Crippen LogP contribution in [-0.2, 0) is 14.3 Å². The molecule has 0 amide bonds. The summed E-state index contributed by atoms with van der Waals surface area (Å²) in [7, 11) is 1.41. The Bertz CT molecular complexity index is 585. The first-order chi connectivity index (χ1) is 13.8. The van der Waals surface area contributed by atoms with Crippen LogP contribution in [0.4, 0.5) is 0 Å². The van der Waals surface area contributed by atoms with Gasteiger partial charge >= 0.3 is 5.97 Å². The molecule has 0 bridgehead atoms. The fourth-order valence-electron chi connectivity index (χ4n) is 3.73. The van der Waals surface area contributed by atoms with E-state index in [-0.39, 0.29) is 12.0 Å². The summed E-state index contributed by atoms with van der Waals surface area (Å²) in [5.41, 5.74) is 0.915. The highest BCUT2D eigenvalue weighted by molar-refractivity contribution is 5.97. The van der Waals surface area contributed by atoms with Crippen LogP contribution in [0, 0.1) is 0 Å². The molecule has 0 radical (unpaired) electrons. The van der Waals surface area contributed by atoms with Gasteiger partial charge in [-0.25, -0.2) is 9.79 Å². The van der Waals surface area contributed by atoms with Crippen molar-refractivity contribution >= 4 is 11.9 Å². The molecule has 0 saturated heterocycles. The van der Waals surface area contributed by atoms with Crippen LogP contribution in [0.2, 0.25) is 0 Å². The zero-order chi connectivity index (χ0) is 20.0. The van der Waals surface area contributed by atoms with E-state index in [0.717, 1.165) is 18.4 Å². The molecular formula is C24H37NO3. The lowest BCUT2D eigenvalue weighted by Crippen LogP contribution is -2.32. The van der Waals surface area contributed by atoms with Crippen molar-refractivity contribution < 1.29 is 14.3 Å². The van der Waals surface area contributed by atoms with Gasteiger partial charge in [0.05, 0.1) is 7.11 Å². The van der Waals surface area contributed by atoms with Gasteiger partial charge in [0, 0.05) is 5.56 Å². The Morgan fingerprint density at radius 3 is 2.07 bits per heavy atom. The second-order valence-corrected chi connectivity index (χ2v) is 7.75. The number of hydrogen-bond donors (Lipinski definition) is 0. The van der Waals surface area contributed by atoms with Crippen LogP contribution in [-0.4, -0.2) is 31.1 Å². The van der Waals surface area contributed by atoms with Crippen LogP contribution >= 0.6 is 0 Å².